The number of fused-ring (bicyclic) bond motifs is 3. The zero-order valence-corrected chi connectivity index (χ0v) is 19.7. The fourth-order valence-electron chi connectivity index (χ4n) is 3.51. The van der Waals surface area contributed by atoms with E-state index in [1.807, 2.05) is 0 Å². The van der Waals surface area contributed by atoms with Gasteiger partial charge in [0.15, 0.2) is 10.3 Å². The Morgan fingerprint density at radius 2 is 2.19 bits per heavy atom. The Morgan fingerprint density at radius 1 is 1.35 bits per heavy atom. The largest absolute Gasteiger partial charge is 0.466 e. The summed E-state index contributed by atoms with van der Waals surface area (Å²) >= 11 is 4.20. The first kappa shape index (κ1) is 22.0. The Labute approximate surface area is 192 Å². The van der Waals surface area contributed by atoms with Crippen LogP contribution in [0.25, 0.3) is 10.2 Å². The fourth-order valence-corrected chi connectivity index (χ4v) is 6.33. The molecule has 0 spiro atoms. The number of nitrogens with zero attached hydrogens (tertiary/aromatic N) is 3. The van der Waals surface area contributed by atoms with Gasteiger partial charge in [-0.1, -0.05) is 18.7 Å². The third-order valence-electron chi connectivity index (χ3n) is 4.92. The molecule has 1 aliphatic rings. The van der Waals surface area contributed by atoms with Crippen molar-refractivity contribution in [1.82, 2.24) is 15.0 Å². The highest BCUT2D eigenvalue weighted by molar-refractivity contribution is 7.99. The predicted molar refractivity (Wildman–Crippen MR) is 125 cm³/mol. The number of thiazole rings is 1. The SMILES string of the molecule is CCOC(=O)Cc1csc(NC(=O)CSc2nc(N)c3c4c(sc3n2)CC(C)CC4)n1. The van der Waals surface area contributed by atoms with Gasteiger partial charge < -0.3 is 15.8 Å². The standard InChI is InChI=1S/C20H23N5O3S3/c1-3-28-15(27)7-11-8-29-19(22-11)23-14(26)9-30-20-24-17(21)16-12-5-4-10(2)6-13(12)31-18(16)25-20/h8,10H,3-7,9H2,1-2H3,(H2,21,24,25)(H,22,23,26). The van der Waals surface area contributed by atoms with Gasteiger partial charge in [-0.25, -0.2) is 15.0 Å². The van der Waals surface area contributed by atoms with Gasteiger partial charge in [0.2, 0.25) is 5.91 Å². The van der Waals surface area contributed by atoms with Gasteiger partial charge in [0.05, 0.1) is 29.9 Å². The molecule has 0 fully saturated rings. The highest BCUT2D eigenvalue weighted by atomic mass is 32.2. The Balaban J connectivity index is 1.37. The van der Waals surface area contributed by atoms with Gasteiger partial charge in [-0.15, -0.1) is 22.7 Å². The number of anilines is 2. The minimum absolute atomic E-state index is 0.0889. The Kier molecular flexibility index (Phi) is 6.73. The first-order chi connectivity index (χ1) is 14.9. The van der Waals surface area contributed by atoms with Crippen LogP contribution in [-0.4, -0.2) is 39.2 Å². The highest BCUT2D eigenvalue weighted by Gasteiger charge is 2.23. The average Bonchev–Trinajstić information content (AvgIpc) is 3.29. The maximum atomic E-state index is 12.3. The smallest absolute Gasteiger partial charge is 0.311 e. The zero-order chi connectivity index (χ0) is 22.0. The molecule has 31 heavy (non-hydrogen) atoms. The third-order valence-corrected chi connectivity index (χ3v) is 7.73. The maximum absolute atomic E-state index is 12.3. The van der Waals surface area contributed by atoms with Crippen LogP contribution in [0.4, 0.5) is 10.9 Å². The summed E-state index contributed by atoms with van der Waals surface area (Å²) < 4.78 is 4.91. The van der Waals surface area contributed by atoms with Crippen LogP contribution in [0.15, 0.2) is 10.5 Å². The van der Waals surface area contributed by atoms with Gasteiger partial charge >= 0.3 is 5.97 Å². The summed E-state index contributed by atoms with van der Waals surface area (Å²) in [5.41, 5.74) is 8.12. The van der Waals surface area contributed by atoms with Crippen LogP contribution in [0, 0.1) is 5.92 Å². The van der Waals surface area contributed by atoms with Crippen molar-refractivity contribution in [3.63, 3.8) is 0 Å². The van der Waals surface area contributed by atoms with Crippen molar-refractivity contribution in [2.75, 3.05) is 23.4 Å². The lowest BCUT2D eigenvalue weighted by atomic mass is 9.89. The van der Waals surface area contributed by atoms with Gasteiger partial charge in [-0.2, -0.15) is 0 Å². The molecule has 3 aromatic heterocycles. The number of ether oxygens (including phenoxy) is 1. The predicted octanol–water partition coefficient (Wildman–Crippen LogP) is 3.69. The summed E-state index contributed by atoms with van der Waals surface area (Å²) in [5.74, 6) is 0.749. The van der Waals surface area contributed by atoms with Crippen molar-refractivity contribution in [2.45, 2.75) is 44.7 Å². The van der Waals surface area contributed by atoms with Crippen LogP contribution < -0.4 is 11.1 Å². The molecule has 1 unspecified atom stereocenters. The number of esters is 1. The lowest BCUT2D eigenvalue weighted by Gasteiger charge is -2.17. The number of hydrogen-bond acceptors (Lipinski definition) is 10. The van der Waals surface area contributed by atoms with E-state index in [0.717, 1.165) is 29.5 Å². The van der Waals surface area contributed by atoms with E-state index >= 15 is 0 Å². The summed E-state index contributed by atoms with van der Waals surface area (Å²) in [6.45, 7) is 4.35. The molecule has 0 saturated carbocycles. The van der Waals surface area contributed by atoms with Crippen LogP contribution in [0.1, 0.15) is 36.4 Å². The lowest BCUT2D eigenvalue weighted by molar-refractivity contribution is -0.142. The molecule has 0 bridgehead atoms. The van der Waals surface area contributed by atoms with Crippen molar-refractivity contribution >= 4 is 67.5 Å². The molecule has 0 radical (unpaired) electrons. The molecule has 4 rings (SSSR count). The summed E-state index contributed by atoms with van der Waals surface area (Å²) in [7, 11) is 0. The minimum atomic E-state index is -0.337. The lowest BCUT2D eigenvalue weighted by Crippen LogP contribution is -2.14. The van der Waals surface area contributed by atoms with Crippen molar-refractivity contribution in [1.29, 1.82) is 0 Å². The topological polar surface area (TPSA) is 120 Å². The molecule has 0 aliphatic heterocycles. The highest BCUT2D eigenvalue weighted by Crippen LogP contribution is 2.39. The van der Waals surface area contributed by atoms with Gasteiger partial charge in [0, 0.05) is 10.3 Å². The van der Waals surface area contributed by atoms with Gasteiger partial charge in [0.25, 0.3) is 0 Å². The number of rotatable bonds is 7. The van der Waals surface area contributed by atoms with E-state index in [2.05, 4.69) is 27.2 Å². The van der Waals surface area contributed by atoms with E-state index in [9.17, 15) is 9.59 Å². The van der Waals surface area contributed by atoms with Crippen molar-refractivity contribution < 1.29 is 14.3 Å². The van der Waals surface area contributed by atoms with Crippen LogP contribution >= 0.6 is 34.4 Å². The number of hydrogen-bond donors (Lipinski definition) is 2. The molecule has 164 valence electrons. The van der Waals surface area contributed by atoms with Crippen LogP contribution in [-0.2, 0) is 33.6 Å². The second-order valence-corrected chi connectivity index (χ2v) is 10.3. The van der Waals surface area contributed by atoms with E-state index in [1.165, 1.54) is 33.5 Å². The van der Waals surface area contributed by atoms with E-state index < -0.39 is 0 Å². The first-order valence-corrected chi connectivity index (χ1v) is 12.7. The molecular formula is C20H23N5O3S3. The van der Waals surface area contributed by atoms with Crippen LogP contribution in [0.3, 0.4) is 0 Å². The Hall–Kier alpha value is -2.24. The second-order valence-electron chi connectivity index (χ2n) is 7.39. The number of aryl methyl sites for hydroxylation is 1. The molecule has 8 nitrogen and oxygen atoms in total. The molecule has 1 aliphatic carbocycles. The normalized spacial score (nSPS) is 15.6. The quantitative estimate of drug-likeness (QED) is 0.300. The molecule has 3 N–H and O–H groups in total. The van der Waals surface area contributed by atoms with Crippen molar-refractivity contribution in [2.24, 2.45) is 5.92 Å². The van der Waals surface area contributed by atoms with E-state index in [1.54, 1.807) is 23.6 Å². The summed E-state index contributed by atoms with van der Waals surface area (Å²) in [6, 6.07) is 0. The Bertz CT molecular complexity index is 1130. The molecule has 0 aromatic carbocycles. The molecular weight excluding hydrogens is 454 g/mol. The van der Waals surface area contributed by atoms with Crippen molar-refractivity contribution in [3.8, 4) is 0 Å². The number of carbonyl (C=O) groups is 2. The summed E-state index contributed by atoms with van der Waals surface area (Å²) in [6.07, 6.45) is 3.33. The zero-order valence-electron chi connectivity index (χ0n) is 17.3. The van der Waals surface area contributed by atoms with Crippen molar-refractivity contribution in [3.05, 3.63) is 21.5 Å². The van der Waals surface area contributed by atoms with Gasteiger partial charge in [-0.05, 0) is 37.7 Å². The molecule has 0 saturated heterocycles. The average molecular weight is 478 g/mol. The van der Waals surface area contributed by atoms with Crippen LogP contribution in [0.5, 0.6) is 0 Å². The molecule has 1 amide bonds. The summed E-state index contributed by atoms with van der Waals surface area (Å²) in [4.78, 5) is 39.4. The molecule has 11 heteroatoms. The van der Waals surface area contributed by atoms with E-state index in [4.69, 9.17) is 10.5 Å². The van der Waals surface area contributed by atoms with Gasteiger partial charge in [-0.3, -0.25) is 9.59 Å². The van der Waals surface area contributed by atoms with Gasteiger partial charge in [0.1, 0.15) is 10.6 Å². The summed E-state index contributed by atoms with van der Waals surface area (Å²) in [5, 5.41) is 6.40. The molecule has 3 heterocycles. The number of aromatic nitrogens is 3. The monoisotopic (exact) mass is 477 g/mol. The number of carbonyl (C=O) groups excluding carboxylic acids is 2. The minimum Gasteiger partial charge on any atom is -0.466 e. The second kappa shape index (κ2) is 9.49. The van der Waals surface area contributed by atoms with E-state index in [-0.39, 0.29) is 24.1 Å². The maximum Gasteiger partial charge on any atom is 0.311 e. The number of nitrogen functional groups attached to an aromatic ring is 1. The molecule has 1 atom stereocenters. The van der Waals surface area contributed by atoms with Crippen LogP contribution in [0.2, 0.25) is 0 Å². The van der Waals surface area contributed by atoms with E-state index in [0.29, 0.717) is 34.3 Å². The first-order valence-electron chi connectivity index (χ1n) is 10.0. The number of amides is 1. The third kappa shape index (κ3) is 5.16. The number of thioether (sulfide) groups is 1. The molecule has 3 aromatic rings. The number of nitrogens with two attached hydrogens (primary N) is 1. The fraction of sp³-hybridized carbons (Fsp3) is 0.450. The number of nitrogens with one attached hydrogen (secondary N) is 1. The number of thiophene rings is 1. The Morgan fingerprint density at radius 3 is 3.00 bits per heavy atom.